The highest BCUT2D eigenvalue weighted by Gasteiger charge is 2.12. The molecule has 0 spiro atoms. The lowest BCUT2D eigenvalue weighted by Crippen LogP contribution is -2.39. The highest BCUT2D eigenvalue weighted by atomic mass is 16.6. The van der Waals surface area contributed by atoms with Crippen LogP contribution in [0.5, 0.6) is 0 Å². The third kappa shape index (κ3) is 6.23. The largest absolute Gasteiger partial charge is 0.383 e. The fourth-order valence-corrected chi connectivity index (χ4v) is 2.66. The van der Waals surface area contributed by atoms with Crippen molar-refractivity contribution in [2.24, 2.45) is 0 Å². The minimum Gasteiger partial charge on any atom is -0.383 e. The molecule has 7 nitrogen and oxygen atoms in total. The van der Waals surface area contributed by atoms with Crippen LogP contribution < -0.4 is 10.6 Å². The zero-order valence-electron chi connectivity index (χ0n) is 13.3. The zero-order valence-corrected chi connectivity index (χ0v) is 13.3. The van der Waals surface area contributed by atoms with Crippen molar-refractivity contribution in [3.05, 3.63) is 34.4 Å². The van der Waals surface area contributed by atoms with Crippen LogP contribution >= 0.6 is 0 Å². The quantitative estimate of drug-likeness (QED) is 0.456. The number of hydrogen-bond acceptors (Lipinski definition) is 5. The van der Waals surface area contributed by atoms with E-state index < -0.39 is 4.92 Å². The molecule has 0 atom stereocenters. The number of amides is 1. The molecule has 1 aromatic rings. The molecule has 0 aliphatic carbocycles. The summed E-state index contributed by atoms with van der Waals surface area (Å²) >= 11 is 0. The van der Waals surface area contributed by atoms with E-state index in [1.807, 2.05) is 0 Å². The molecule has 1 amide bonds. The van der Waals surface area contributed by atoms with Crippen LogP contribution in [0.1, 0.15) is 25.7 Å². The van der Waals surface area contributed by atoms with Crippen molar-refractivity contribution in [3.63, 3.8) is 0 Å². The summed E-state index contributed by atoms with van der Waals surface area (Å²) in [6.07, 6.45) is 4.87. The molecule has 1 aliphatic heterocycles. The van der Waals surface area contributed by atoms with E-state index in [0.717, 1.165) is 18.8 Å². The van der Waals surface area contributed by atoms with Gasteiger partial charge in [-0.2, -0.15) is 0 Å². The van der Waals surface area contributed by atoms with Gasteiger partial charge < -0.3 is 10.6 Å². The summed E-state index contributed by atoms with van der Waals surface area (Å²) < 4.78 is 0. The number of nitrogens with one attached hydrogen (secondary N) is 2. The molecular weight excluding hydrogens is 296 g/mol. The maximum Gasteiger partial charge on any atom is 0.269 e. The molecule has 1 aromatic carbocycles. The molecule has 2 rings (SSSR count). The highest BCUT2D eigenvalue weighted by molar-refractivity contribution is 5.78. The Bertz CT molecular complexity index is 511. The van der Waals surface area contributed by atoms with Gasteiger partial charge in [-0.25, -0.2) is 0 Å². The van der Waals surface area contributed by atoms with Gasteiger partial charge >= 0.3 is 0 Å². The van der Waals surface area contributed by atoms with Crippen molar-refractivity contribution in [3.8, 4) is 0 Å². The minimum absolute atomic E-state index is 0.0531. The van der Waals surface area contributed by atoms with E-state index in [0.29, 0.717) is 19.6 Å². The number of carbonyl (C=O) groups is 1. The molecule has 0 aromatic heterocycles. The van der Waals surface area contributed by atoms with E-state index >= 15 is 0 Å². The minimum atomic E-state index is -0.424. The van der Waals surface area contributed by atoms with Gasteiger partial charge in [-0.3, -0.25) is 19.8 Å². The lowest BCUT2D eigenvalue weighted by atomic mass is 10.2. The van der Waals surface area contributed by atoms with Gasteiger partial charge in [-0.1, -0.05) is 12.8 Å². The van der Waals surface area contributed by atoms with Gasteiger partial charge in [-0.05, 0) is 38.1 Å². The zero-order chi connectivity index (χ0) is 16.5. The average Bonchev–Trinajstić information content (AvgIpc) is 2.80. The molecule has 0 unspecified atom stereocenters. The van der Waals surface area contributed by atoms with E-state index in [2.05, 4.69) is 15.5 Å². The Morgan fingerprint density at radius 1 is 1.09 bits per heavy atom. The molecule has 23 heavy (non-hydrogen) atoms. The van der Waals surface area contributed by atoms with Crippen LogP contribution in [0.25, 0.3) is 0 Å². The third-order valence-corrected chi connectivity index (χ3v) is 3.92. The molecule has 1 heterocycles. The Kier molecular flexibility index (Phi) is 6.80. The smallest absolute Gasteiger partial charge is 0.269 e. The molecule has 1 aliphatic rings. The van der Waals surface area contributed by atoms with Crippen molar-refractivity contribution in [2.45, 2.75) is 25.7 Å². The summed E-state index contributed by atoms with van der Waals surface area (Å²) in [4.78, 5) is 24.3. The predicted molar refractivity (Wildman–Crippen MR) is 89.5 cm³/mol. The number of nitro groups is 1. The number of anilines is 1. The molecular formula is C16H24N4O3. The Morgan fingerprint density at radius 3 is 2.35 bits per heavy atom. The van der Waals surface area contributed by atoms with Crippen LogP contribution in [0.3, 0.4) is 0 Å². The Morgan fingerprint density at radius 2 is 1.74 bits per heavy atom. The fourth-order valence-electron chi connectivity index (χ4n) is 2.66. The molecule has 1 fully saturated rings. The number of nitro benzene ring substituents is 1. The number of non-ortho nitro benzene ring substituents is 1. The van der Waals surface area contributed by atoms with Crippen LogP contribution in [-0.2, 0) is 4.79 Å². The Balaban J connectivity index is 1.62. The first-order valence-corrected chi connectivity index (χ1v) is 8.12. The fraction of sp³-hybridized carbons (Fsp3) is 0.562. The first-order valence-electron chi connectivity index (χ1n) is 8.12. The summed E-state index contributed by atoms with van der Waals surface area (Å²) in [6, 6.07) is 6.24. The van der Waals surface area contributed by atoms with Crippen molar-refractivity contribution >= 4 is 17.3 Å². The third-order valence-electron chi connectivity index (χ3n) is 3.92. The molecule has 0 bridgehead atoms. The summed E-state index contributed by atoms with van der Waals surface area (Å²) in [5, 5.41) is 16.6. The van der Waals surface area contributed by atoms with Gasteiger partial charge in [0.2, 0.25) is 5.91 Å². The standard InChI is InChI=1S/C16H24N4O3/c21-16(13-19-11-3-1-2-4-12-19)18-10-9-17-14-5-7-15(8-6-14)20(22)23/h5-8,17H,1-4,9-13H2,(H,18,21). The number of rotatable bonds is 7. The van der Waals surface area contributed by atoms with Gasteiger partial charge in [-0.15, -0.1) is 0 Å². The van der Waals surface area contributed by atoms with E-state index in [4.69, 9.17) is 0 Å². The first kappa shape index (κ1) is 17.2. The second kappa shape index (κ2) is 9.09. The topological polar surface area (TPSA) is 87.5 Å². The summed E-state index contributed by atoms with van der Waals surface area (Å²) in [5.41, 5.74) is 0.874. The van der Waals surface area contributed by atoms with E-state index in [1.165, 1.54) is 37.8 Å². The lowest BCUT2D eigenvalue weighted by Gasteiger charge is -2.19. The van der Waals surface area contributed by atoms with Gasteiger partial charge in [0.1, 0.15) is 0 Å². The monoisotopic (exact) mass is 320 g/mol. The van der Waals surface area contributed by atoms with E-state index in [-0.39, 0.29) is 11.6 Å². The molecule has 126 valence electrons. The van der Waals surface area contributed by atoms with Crippen LogP contribution in [0, 0.1) is 10.1 Å². The lowest BCUT2D eigenvalue weighted by molar-refractivity contribution is -0.384. The van der Waals surface area contributed by atoms with Crippen molar-refractivity contribution in [1.29, 1.82) is 0 Å². The Labute approximate surface area is 136 Å². The van der Waals surface area contributed by atoms with Crippen molar-refractivity contribution in [1.82, 2.24) is 10.2 Å². The van der Waals surface area contributed by atoms with Crippen LogP contribution in [0.15, 0.2) is 24.3 Å². The van der Waals surface area contributed by atoms with E-state index in [9.17, 15) is 14.9 Å². The molecule has 7 heteroatoms. The van der Waals surface area contributed by atoms with Crippen LogP contribution in [0.2, 0.25) is 0 Å². The van der Waals surface area contributed by atoms with Crippen LogP contribution in [-0.4, -0.2) is 48.5 Å². The molecule has 0 radical (unpaired) electrons. The number of carbonyl (C=O) groups excluding carboxylic acids is 1. The number of likely N-dealkylation sites (tertiary alicyclic amines) is 1. The Hall–Kier alpha value is -2.15. The second-order valence-electron chi connectivity index (χ2n) is 5.77. The number of hydrogen-bond donors (Lipinski definition) is 2. The van der Waals surface area contributed by atoms with Gasteiger partial charge in [0.15, 0.2) is 0 Å². The summed E-state index contributed by atoms with van der Waals surface area (Å²) in [7, 11) is 0. The maximum atomic E-state index is 11.9. The van der Waals surface area contributed by atoms with Gasteiger partial charge in [0.25, 0.3) is 5.69 Å². The van der Waals surface area contributed by atoms with Crippen LogP contribution in [0.4, 0.5) is 11.4 Å². The van der Waals surface area contributed by atoms with Gasteiger partial charge in [0.05, 0.1) is 11.5 Å². The number of benzene rings is 1. The van der Waals surface area contributed by atoms with E-state index in [1.54, 1.807) is 12.1 Å². The number of nitrogens with zero attached hydrogens (tertiary/aromatic N) is 2. The van der Waals surface area contributed by atoms with Crippen molar-refractivity contribution < 1.29 is 9.72 Å². The SMILES string of the molecule is O=C(CN1CCCCCC1)NCCNc1ccc([N+](=O)[O-])cc1. The average molecular weight is 320 g/mol. The first-order chi connectivity index (χ1) is 11.1. The van der Waals surface area contributed by atoms with Gasteiger partial charge in [0, 0.05) is 30.9 Å². The molecule has 2 N–H and O–H groups in total. The summed E-state index contributed by atoms with van der Waals surface area (Å²) in [6.45, 7) is 3.60. The molecule has 0 saturated carbocycles. The maximum absolute atomic E-state index is 11.9. The normalized spacial score (nSPS) is 15.7. The second-order valence-corrected chi connectivity index (χ2v) is 5.77. The predicted octanol–water partition coefficient (Wildman–Crippen LogP) is 2.00. The highest BCUT2D eigenvalue weighted by Crippen LogP contribution is 2.14. The summed E-state index contributed by atoms with van der Waals surface area (Å²) in [5.74, 6) is 0.0531. The van der Waals surface area contributed by atoms with Crippen molar-refractivity contribution in [2.75, 3.05) is 38.0 Å². The molecule has 1 saturated heterocycles.